The maximum absolute atomic E-state index is 2.56. The van der Waals surface area contributed by atoms with Gasteiger partial charge in [-0.15, -0.1) is 0 Å². The second-order valence-corrected chi connectivity index (χ2v) is 6.63. The minimum atomic E-state index is 0.764. The molecule has 4 bridgehead atoms. The highest BCUT2D eigenvalue weighted by atomic mass is 14.6. The van der Waals surface area contributed by atoms with Crippen LogP contribution in [0.5, 0.6) is 0 Å². The summed E-state index contributed by atoms with van der Waals surface area (Å²) in [6.45, 7) is 4.99. The lowest BCUT2D eigenvalue weighted by Crippen LogP contribution is -2.50. The van der Waals surface area contributed by atoms with Gasteiger partial charge in [0.15, 0.2) is 0 Å². The van der Waals surface area contributed by atoms with E-state index in [9.17, 15) is 0 Å². The van der Waals surface area contributed by atoms with E-state index in [1.54, 1.807) is 38.5 Å². The van der Waals surface area contributed by atoms with Crippen molar-refractivity contribution in [3.05, 3.63) is 0 Å². The van der Waals surface area contributed by atoms with E-state index in [-0.39, 0.29) is 0 Å². The normalized spacial score (nSPS) is 58.6. The highest BCUT2D eigenvalue weighted by molar-refractivity contribution is 5.05. The predicted octanol–water partition coefficient (Wildman–Crippen LogP) is 4.00. The molecule has 0 aromatic heterocycles. The molecule has 0 heterocycles. The van der Waals surface area contributed by atoms with Gasteiger partial charge >= 0.3 is 0 Å². The molecule has 4 fully saturated rings. The van der Waals surface area contributed by atoms with Crippen molar-refractivity contribution in [3.63, 3.8) is 0 Å². The quantitative estimate of drug-likeness (QED) is 0.569. The van der Waals surface area contributed by atoms with Crippen LogP contribution in [0.25, 0.3) is 0 Å². The van der Waals surface area contributed by atoms with Crippen molar-refractivity contribution in [3.8, 4) is 0 Å². The minimum Gasteiger partial charge on any atom is -0.0649 e. The molecule has 0 heteroatoms. The van der Waals surface area contributed by atoms with E-state index < -0.39 is 0 Å². The molecule has 2 unspecified atom stereocenters. The van der Waals surface area contributed by atoms with Crippen LogP contribution in [0.15, 0.2) is 0 Å². The molecular weight excluding hydrogens is 156 g/mol. The lowest BCUT2D eigenvalue weighted by molar-refractivity contribution is -0.103. The Morgan fingerprint density at radius 3 is 2.15 bits per heavy atom. The molecular formula is C13H22. The maximum atomic E-state index is 2.56. The molecule has 13 heavy (non-hydrogen) atoms. The maximum Gasteiger partial charge on any atom is -0.0290 e. The fraction of sp³-hybridized carbons (Fsp3) is 1.00. The van der Waals surface area contributed by atoms with Gasteiger partial charge in [-0.1, -0.05) is 20.3 Å². The molecule has 0 radical (unpaired) electrons. The third kappa shape index (κ3) is 1.10. The van der Waals surface area contributed by atoms with Crippen LogP contribution in [0.2, 0.25) is 0 Å². The first kappa shape index (κ1) is 8.32. The minimum absolute atomic E-state index is 0.764. The van der Waals surface area contributed by atoms with E-state index in [1.807, 2.05) is 0 Å². The number of hydrogen-bond acceptors (Lipinski definition) is 0. The Bertz CT molecular complexity index is 214. The van der Waals surface area contributed by atoms with E-state index >= 15 is 0 Å². The van der Waals surface area contributed by atoms with Crippen molar-refractivity contribution in [2.45, 2.75) is 58.8 Å². The van der Waals surface area contributed by atoms with E-state index in [0.717, 1.165) is 22.7 Å². The standard InChI is InChI=1S/C13H22/c1-3-13-7-10-4-11(8-13)6-12(2,5-10)9-13/h10-11H,3-9H2,1-2H3/t10-,11+,12?,13?. The fourth-order valence-electron chi connectivity index (χ4n) is 5.34. The van der Waals surface area contributed by atoms with Crippen molar-refractivity contribution in [2.24, 2.45) is 22.7 Å². The van der Waals surface area contributed by atoms with Gasteiger partial charge in [-0.05, 0) is 61.2 Å². The largest absolute Gasteiger partial charge is 0.0649 e. The summed E-state index contributed by atoms with van der Waals surface area (Å²) in [6.07, 6.45) is 10.9. The van der Waals surface area contributed by atoms with Crippen LogP contribution in [0, 0.1) is 22.7 Å². The molecule has 4 saturated carbocycles. The first-order chi connectivity index (χ1) is 6.13. The average Bonchev–Trinajstić information content (AvgIpc) is 1.99. The molecule has 0 amide bonds. The summed E-state index contributed by atoms with van der Waals surface area (Å²) in [5.74, 6) is 2.23. The van der Waals surface area contributed by atoms with Gasteiger partial charge in [-0.3, -0.25) is 0 Å². The van der Waals surface area contributed by atoms with Crippen LogP contribution in [0.3, 0.4) is 0 Å². The number of rotatable bonds is 1. The van der Waals surface area contributed by atoms with Crippen LogP contribution in [-0.4, -0.2) is 0 Å². The summed E-state index contributed by atoms with van der Waals surface area (Å²) >= 11 is 0. The van der Waals surface area contributed by atoms with E-state index in [2.05, 4.69) is 13.8 Å². The lowest BCUT2D eigenvalue weighted by atomic mass is 9.44. The molecule has 0 aromatic carbocycles. The Labute approximate surface area is 82.1 Å². The van der Waals surface area contributed by atoms with Gasteiger partial charge in [0.1, 0.15) is 0 Å². The van der Waals surface area contributed by atoms with Crippen LogP contribution < -0.4 is 0 Å². The molecule has 0 saturated heterocycles. The second kappa shape index (κ2) is 2.32. The Hall–Kier alpha value is 0. The van der Waals surface area contributed by atoms with Crippen molar-refractivity contribution >= 4 is 0 Å². The van der Waals surface area contributed by atoms with Crippen LogP contribution in [0.1, 0.15) is 58.8 Å². The summed E-state index contributed by atoms with van der Waals surface area (Å²) in [5.41, 5.74) is 1.57. The Morgan fingerprint density at radius 2 is 1.69 bits per heavy atom. The van der Waals surface area contributed by atoms with Gasteiger partial charge < -0.3 is 0 Å². The van der Waals surface area contributed by atoms with Crippen molar-refractivity contribution < 1.29 is 0 Å². The predicted molar refractivity (Wildman–Crippen MR) is 55.5 cm³/mol. The van der Waals surface area contributed by atoms with Gasteiger partial charge in [0.05, 0.1) is 0 Å². The lowest BCUT2D eigenvalue weighted by Gasteiger charge is -2.61. The number of hydrogen-bond donors (Lipinski definition) is 0. The fourth-order valence-corrected chi connectivity index (χ4v) is 5.34. The molecule has 0 N–H and O–H groups in total. The van der Waals surface area contributed by atoms with Gasteiger partial charge in [-0.25, -0.2) is 0 Å². The summed E-state index contributed by atoms with van der Waals surface area (Å²) in [4.78, 5) is 0. The molecule has 0 nitrogen and oxygen atoms in total. The average molecular weight is 178 g/mol. The Morgan fingerprint density at radius 1 is 1.08 bits per heavy atom. The monoisotopic (exact) mass is 178 g/mol. The molecule has 4 rings (SSSR count). The summed E-state index contributed by atoms with van der Waals surface area (Å²) < 4.78 is 0. The zero-order chi connectivity index (χ0) is 9.10. The topological polar surface area (TPSA) is 0 Å². The molecule has 4 aliphatic rings. The highest BCUT2D eigenvalue weighted by Crippen LogP contribution is 2.65. The first-order valence-electron chi connectivity index (χ1n) is 6.13. The van der Waals surface area contributed by atoms with E-state index in [1.165, 1.54) is 6.42 Å². The Kier molecular flexibility index (Phi) is 1.49. The summed E-state index contributed by atoms with van der Waals surface area (Å²) in [6, 6.07) is 0. The SMILES string of the molecule is CCC12C[C@@H]3C[C@@H](CC(C)(C3)C1)C2. The second-order valence-electron chi connectivity index (χ2n) is 6.63. The van der Waals surface area contributed by atoms with Crippen molar-refractivity contribution in [2.75, 3.05) is 0 Å². The summed E-state index contributed by atoms with van der Waals surface area (Å²) in [7, 11) is 0. The van der Waals surface area contributed by atoms with E-state index in [4.69, 9.17) is 0 Å². The zero-order valence-corrected chi connectivity index (χ0v) is 9.10. The van der Waals surface area contributed by atoms with Gasteiger partial charge in [0.2, 0.25) is 0 Å². The van der Waals surface area contributed by atoms with E-state index in [0.29, 0.717) is 0 Å². The molecule has 0 aliphatic heterocycles. The van der Waals surface area contributed by atoms with Crippen LogP contribution in [0.4, 0.5) is 0 Å². The van der Waals surface area contributed by atoms with Crippen molar-refractivity contribution in [1.29, 1.82) is 0 Å². The van der Waals surface area contributed by atoms with Gasteiger partial charge in [0.25, 0.3) is 0 Å². The highest BCUT2D eigenvalue weighted by Gasteiger charge is 2.54. The van der Waals surface area contributed by atoms with Crippen molar-refractivity contribution in [1.82, 2.24) is 0 Å². The first-order valence-corrected chi connectivity index (χ1v) is 6.13. The van der Waals surface area contributed by atoms with Crippen LogP contribution in [-0.2, 0) is 0 Å². The molecule has 4 atom stereocenters. The van der Waals surface area contributed by atoms with Gasteiger partial charge in [0, 0.05) is 0 Å². The molecule has 4 aliphatic carbocycles. The van der Waals surface area contributed by atoms with Gasteiger partial charge in [-0.2, -0.15) is 0 Å². The molecule has 0 spiro atoms. The Balaban J connectivity index is 1.95. The molecule has 0 aromatic rings. The third-order valence-corrected chi connectivity index (χ3v) is 5.22. The van der Waals surface area contributed by atoms with Crippen LogP contribution >= 0.6 is 0 Å². The zero-order valence-electron chi connectivity index (χ0n) is 9.10. The third-order valence-electron chi connectivity index (χ3n) is 5.22. The smallest absolute Gasteiger partial charge is 0.0290 e. The summed E-state index contributed by atoms with van der Waals surface area (Å²) in [5, 5.41) is 0. The molecule has 74 valence electrons.